The van der Waals surface area contributed by atoms with Crippen LogP contribution in [0.25, 0.3) is 0 Å². The highest BCUT2D eigenvalue weighted by Gasteiger charge is 2.24. The zero-order valence-electron chi connectivity index (χ0n) is 6.73. The van der Waals surface area contributed by atoms with Crippen LogP contribution in [-0.4, -0.2) is 29.8 Å². The first-order valence-corrected chi connectivity index (χ1v) is 3.35. The molecule has 0 fully saturated rings. The first-order chi connectivity index (χ1) is 6.06. The molecule has 1 aliphatic rings. The van der Waals surface area contributed by atoms with Gasteiger partial charge in [0.2, 0.25) is 5.78 Å². The van der Waals surface area contributed by atoms with Crippen LogP contribution in [0.2, 0.25) is 0 Å². The van der Waals surface area contributed by atoms with Gasteiger partial charge in [0, 0.05) is 6.08 Å². The number of hydrogen-bond donors (Lipinski definition) is 1. The van der Waals surface area contributed by atoms with E-state index in [9.17, 15) is 14.4 Å². The van der Waals surface area contributed by atoms with Gasteiger partial charge in [-0.2, -0.15) is 0 Å². The summed E-state index contributed by atoms with van der Waals surface area (Å²) in [7, 11) is 1.13. The molecule has 0 aromatic rings. The Hall–Kier alpha value is -1.91. The molecular weight excluding hydrogens is 176 g/mol. The van der Waals surface area contributed by atoms with Crippen molar-refractivity contribution >= 4 is 17.5 Å². The molecule has 0 aromatic carbocycles. The normalized spacial score (nSPS) is 16.4. The summed E-state index contributed by atoms with van der Waals surface area (Å²) < 4.78 is 4.30. The van der Waals surface area contributed by atoms with Crippen molar-refractivity contribution in [3.8, 4) is 0 Å². The maximum absolute atomic E-state index is 10.9. The number of esters is 1. The van der Waals surface area contributed by atoms with Gasteiger partial charge in [0.05, 0.1) is 12.7 Å². The SMILES string of the molecule is COC(=O)C1=CC(=O)C(=O)C(O)=C1. The monoisotopic (exact) mass is 182 g/mol. The predicted molar refractivity (Wildman–Crippen MR) is 40.8 cm³/mol. The van der Waals surface area contributed by atoms with Crippen molar-refractivity contribution in [2.75, 3.05) is 7.11 Å². The number of rotatable bonds is 1. The average molecular weight is 182 g/mol. The Morgan fingerprint density at radius 3 is 2.46 bits per heavy atom. The molecule has 0 amide bonds. The molecule has 5 heteroatoms. The molecule has 1 aliphatic carbocycles. The summed E-state index contributed by atoms with van der Waals surface area (Å²) in [6, 6.07) is 0. The van der Waals surface area contributed by atoms with Crippen LogP contribution in [0, 0.1) is 0 Å². The number of methoxy groups -OCH3 is 1. The lowest BCUT2D eigenvalue weighted by Crippen LogP contribution is -2.20. The van der Waals surface area contributed by atoms with Crippen LogP contribution in [0.15, 0.2) is 23.5 Å². The van der Waals surface area contributed by atoms with E-state index in [0.29, 0.717) is 0 Å². The Morgan fingerprint density at radius 1 is 1.38 bits per heavy atom. The average Bonchev–Trinajstić information content (AvgIpc) is 2.12. The van der Waals surface area contributed by atoms with Gasteiger partial charge in [-0.3, -0.25) is 9.59 Å². The van der Waals surface area contributed by atoms with Crippen molar-refractivity contribution < 1.29 is 24.2 Å². The van der Waals surface area contributed by atoms with E-state index in [0.717, 1.165) is 19.3 Å². The third-order valence-corrected chi connectivity index (χ3v) is 1.46. The molecule has 0 heterocycles. The van der Waals surface area contributed by atoms with Gasteiger partial charge < -0.3 is 9.84 Å². The molecule has 0 saturated carbocycles. The predicted octanol–water partition coefficient (Wildman–Crippen LogP) is -0.321. The summed E-state index contributed by atoms with van der Waals surface area (Å²) in [5.41, 5.74) is -0.135. The molecule has 0 aromatic heterocycles. The fraction of sp³-hybridized carbons (Fsp3) is 0.125. The Labute approximate surface area is 73.3 Å². The number of aliphatic hydroxyl groups is 1. The molecule has 0 unspecified atom stereocenters. The second-order valence-corrected chi connectivity index (χ2v) is 2.31. The van der Waals surface area contributed by atoms with E-state index in [4.69, 9.17) is 5.11 Å². The second kappa shape index (κ2) is 3.22. The van der Waals surface area contributed by atoms with Gasteiger partial charge in [0.25, 0.3) is 5.78 Å². The number of ketones is 2. The largest absolute Gasteiger partial charge is 0.504 e. The molecule has 1 rings (SSSR count). The number of carbonyl (C=O) groups is 3. The summed E-state index contributed by atoms with van der Waals surface area (Å²) in [6.45, 7) is 0. The number of Topliss-reactive ketones (excluding diaryl/α,β-unsaturated/α-hetero) is 1. The van der Waals surface area contributed by atoms with Crippen LogP contribution >= 0.6 is 0 Å². The minimum Gasteiger partial charge on any atom is -0.504 e. The summed E-state index contributed by atoms with van der Waals surface area (Å²) in [5, 5.41) is 8.91. The van der Waals surface area contributed by atoms with Crippen molar-refractivity contribution in [1.29, 1.82) is 0 Å². The van der Waals surface area contributed by atoms with Crippen LogP contribution in [0.1, 0.15) is 0 Å². The molecular formula is C8H6O5. The third kappa shape index (κ3) is 1.64. The number of aliphatic hydroxyl groups excluding tert-OH is 1. The van der Waals surface area contributed by atoms with Crippen LogP contribution < -0.4 is 0 Å². The maximum atomic E-state index is 10.9. The maximum Gasteiger partial charge on any atom is 0.338 e. The van der Waals surface area contributed by atoms with E-state index in [1.54, 1.807) is 0 Å². The van der Waals surface area contributed by atoms with Crippen LogP contribution in [0.5, 0.6) is 0 Å². The lowest BCUT2D eigenvalue weighted by atomic mass is 10.0. The molecule has 0 aliphatic heterocycles. The molecule has 68 valence electrons. The smallest absolute Gasteiger partial charge is 0.338 e. The molecule has 0 bridgehead atoms. The fourth-order valence-electron chi connectivity index (χ4n) is 0.823. The lowest BCUT2D eigenvalue weighted by Gasteiger charge is -2.05. The highest BCUT2D eigenvalue weighted by molar-refractivity contribution is 6.48. The summed E-state index contributed by atoms with van der Waals surface area (Å²) in [4.78, 5) is 32.4. The molecule has 0 atom stereocenters. The van der Waals surface area contributed by atoms with E-state index in [-0.39, 0.29) is 5.57 Å². The molecule has 1 N–H and O–H groups in total. The zero-order valence-corrected chi connectivity index (χ0v) is 6.73. The van der Waals surface area contributed by atoms with E-state index in [2.05, 4.69) is 4.74 Å². The Kier molecular flexibility index (Phi) is 2.27. The highest BCUT2D eigenvalue weighted by Crippen LogP contribution is 2.10. The number of hydrogen-bond acceptors (Lipinski definition) is 5. The number of carbonyl (C=O) groups excluding carboxylic acids is 3. The lowest BCUT2D eigenvalue weighted by molar-refractivity contribution is -0.136. The summed E-state index contributed by atoms with van der Waals surface area (Å²) in [6.07, 6.45) is 1.73. The molecule has 0 spiro atoms. The van der Waals surface area contributed by atoms with Crippen LogP contribution in [0.4, 0.5) is 0 Å². The Bertz CT molecular complexity index is 348. The molecule has 0 saturated heterocycles. The third-order valence-electron chi connectivity index (χ3n) is 1.46. The van der Waals surface area contributed by atoms with Crippen molar-refractivity contribution in [2.45, 2.75) is 0 Å². The highest BCUT2D eigenvalue weighted by atomic mass is 16.5. The first-order valence-electron chi connectivity index (χ1n) is 3.35. The van der Waals surface area contributed by atoms with Gasteiger partial charge in [-0.1, -0.05) is 0 Å². The second-order valence-electron chi connectivity index (χ2n) is 2.31. The molecule has 5 nitrogen and oxygen atoms in total. The van der Waals surface area contributed by atoms with Gasteiger partial charge >= 0.3 is 5.97 Å². The van der Waals surface area contributed by atoms with Gasteiger partial charge in [-0.15, -0.1) is 0 Å². The molecule has 0 radical (unpaired) electrons. The van der Waals surface area contributed by atoms with Crippen molar-refractivity contribution in [1.82, 2.24) is 0 Å². The van der Waals surface area contributed by atoms with Gasteiger partial charge in [-0.05, 0) is 6.08 Å². The Morgan fingerprint density at radius 2 is 2.00 bits per heavy atom. The standard InChI is InChI=1S/C8H6O5/c1-13-8(12)4-2-5(9)7(11)6(10)3-4/h2-3,9H,1H3. The van der Waals surface area contributed by atoms with E-state index in [1.807, 2.05) is 0 Å². The quantitative estimate of drug-likeness (QED) is 0.341. The van der Waals surface area contributed by atoms with Crippen molar-refractivity contribution in [2.24, 2.45) is 0 Å². The van der Waals surface area contributed by atoms with Crippen LogP contribution in [-0.2, 0) is 19.1 Å². The topological polar surface area (TPSA) is 80.7 Å². The summed E-state index contributed by atoms with van der Waals surface area (Å²) >= 11 is 0. The number of ether oxygens (including phenoxy) is 1. The zero-order chi connectivity index (χ0) is 10.0. The minimum absolute atomic E-state index is 0.135. The van der Waals surface area contributed by atoms with Crippen molar-refractivity contribution in [3.63, 3.8) is 0 Å². The van der Waals surface area contributed by atoms with E-state index in [1.165, 1.54) is 0 Å². The van der Waals surface area contributed by atoms with E-state index >= 15 is 0 Å². The van der Waals surface area contributed by atoms with Gasteiger partial charge in [0.1, 0.15) is 0 Å². The summed E-state index contributed by atoms with van der Waals surface area (Å²) in [5.74, 6) is -3.46. The van der Waals surface area contributed by atoms with Crippen molar-refractivity contribution in [3.05, 3.63) is 23.5 Å². The van der Waals surface area contributed by atoms with E-state index < -0.39 is 23.3 Å². The Balaban J connectivity index is 3.04. The molecule has 13 heavy (non-hydrogen) atoms. The fourth-order valence-corrected chi connectivity index (χ4v) is 0.823. The van der Waals surface area contributed by atoms with Gasteiger partial charge in [-0.25, -0.2) is 4.79 Å². The first kappa shape index (κ1) is 9.18. The van der Waals surface area contributed by atoms with Crippen LogP contribution in [0.3, 0.4) is 0 Å². The minimum atomic E-state index is -1.02. The van der Waals surface area contributed by atoms with Gasteiger partial charge in [0.15, 0.2) is 5.76 Å². The number of allylic oxidation sites excluding steroid dienone is 2.